The Bertz CT molecular complexity index is 1020. The van der Waals surface area contributed by atoms with E-state index in [9.17, 15) is 4.79 Å². The molecule has 0 unspecified atom stereocenters. The Kier molecular flexibility index (Phi) is 4.98. The van der Waals surface area contributed by atoms with Gasteiger partial charge in [-0.05, 0) is 38.3 Å². The number of fused-ring (bicyclic) bond motifs is 1. The van der Waals surface area contributed by atoms with Crippen LogP contribution in [-0.2, 0) is 0 Å². The van der Waals surface area contributed by atoms with Crippen LogP contribution in [-0.4, -0.2) is 51.6 Å². The number of rotatable bonds is 2. The lowest BCUT2D eigenvalue weighted by Crippen LogP contribution is -2.53. The number of aromatic nitrogens is 3. The molecule has 156 valence electrons. The lowest BCUT2D eigenvalue weighted by atomic mass is 9.91. The van der Waals surface area contributed by atoms with Crippen molar-refractivity contribution >= 4 is 17.7 Å². The fourth-order valence-corrected chi connectivity index (χ4v) is 4.52. The van der Waals surface area contributed by atoms with E-state index in [-0.39, 0.29) is 11.7 Å². The van der Waals surface area contributed by atoms with Gasteiger partial charge in [0.25, 0.3) is 5.56 Å². The van der Waals surface area contributed by atoms with E-state index in [1.807, 2.05) is 31.3 Å². The van der Waals surface area contributed by atoms with Gasteiger partial charge >= 0.3 is 0 Å². The van der Waals surface area contributed by atoms with Crippen molar-refractivity contribution in [2.75, 3.05) is 36.4 Å². The summed E-state index contributed by atoms with van der Waals surface area (Å²) in [5.41, 5.74) is 0.689. The van der Waals surface area contributed by atoms with Gasteiger partial charge in [-0.15, -0.1) is 0 Å². The van der Waals surface area contributed by atoms with Crippen molar-refractivity contribution in [1.82, 2.24) is 19.4 Å². The standard InChI is InChI=1S/C22H27N7O/c1-16-15-19(30)29-20(17-7-3-2-4-8-17)25-21(26-22(29)24-16)28-13-11-27(12-14-28)18-9-5-6-10-23-18/h2-3,5-6,9-10,15,17,20H,4,7-8,11-14H2,1H3,(H,24,25,26)/t17-,20+/m0/s1. The lowest BCUT2D eigenvalue weighted by Gasteiger charge is -2.40. The molecule has 1 N–H and O–H groups in total. The largest absolute Gasteiger partial charge is 0.353 e. The normalized spacial score (nSPS) is 23.6. The van der Waals surface area contributed by atoms with Crippen LogP contribution in [0.1, 0.15) is 31.1 Å². The summed E-state index contributed by atoms with van der Waals surface area (Å²) in [6, 6.07) is 7.61. The minimum absolute atomic E-state index is 0.0349. The number of anilines is 2. The summed E-state index contributed by atoms with van der Waals surface area (Å²) >= 11 is 0. The molecule has 0 radical (unpaired) electrons. The molecule has 0 spiro atoms. The molecule has 8 nitrogen and oxygen atoms in total. The maximum Gasteiger partial charge on any atom is 0.256 e. The molecule has 3 aliphatic rings. The molecule has 8 heteroatoms. The first-order chi connectivity index (χ1) is 14.7. The number of guanidine groups is 1. The first-order valence-corrected chi connectivity index (χ1v) is 10.7. The highest BCUT2D eigenvalue weighted by Crippen LogP contribution is 2.34. The van der Waals surface area contributed by atoms with Crippen LogP contribution >= 0.6 is 0 Å². The number of nitrogens with one attached hydrogen (secondary N) is 1. The number of piperazine rings is 1. The van der Waals surface area contributed by atoms with Crippen molar-refractivity contribution in [1.29, 1.82) is 0 Å². The molecular weight excluding hydrogens is 378 g/mol. The molecule has 0 saturated carbocycles. The summed E-state index contributed by atoms with van der Waals surface area (Å²) in [5.74, 6) is 2.75. The molecule has 2 aliphatic heterocycles. The molecule has 0 aromatic carbocycles. The van der Waals surface area contributed by atoms with Gasteiger partial charge < -0.3 is 9.80 Å². The summed E-state index contributed by atoms with van der Waals surface area (Å²) in [4.78, 5) is 31.5. The van der Waals surface area contributed by atoms with Gasteiger partial charge in [-0.3, -0.25) is 14.7 Å². The molecule has 1 saturated heterocycles. The van der Waals surface area contributed by atoms with Gasteiger partial charge in [0.15, 0.2) is 0 Å². The van der Waals surface area contributed by atoms with Crippen LogP contribution in [0.15, 0.2) is 52.4 Å². The second-order valence-electron chi connectivity index (χ2n) is 8.13. The van der Waals surface area contributed by atoms with E-state index in [1.54, 1.807) is 10.6 Å². The molecule has 5 rings (SSSR count). The molecule has 2 atom stereocenters. The zero-order valence-corrected chi connectivity index (χ0v) is 17.2. The molecular formula is C22H27N7O. The summed E-state index contributed by atoms with van der Waals surface area (Å²) in [6.07, 6.45) is 9.06. The zero-order chi connectivity index (χ0) is 20.5. The van der Waals surface area contributed by atoms with Crippen LogP contribution in [0.5, 0.6) is 0 Å². The van der Waals surface area contributed by atoms with E-state index in [2.05, 4.69) is 37.2 Å². The van der Waals surface area contributed by atoms with Crippen molar-refractivity contribution in [3.8, 4) is 0 Å². The van der Waals surface area contributed by atoms with Gasteiger partial charge in [-0.25, -0.2) is 15.0 Å². The average molecular weight is 406 g/mol. The number of pyridine rings is 1. The van der Waals surface area contributed by atoms with Crippen LogP contribution < -0.4 is 15.8 Å². The quantitative estimate of drug-likeness (QED) is 0.773. The van der Waals surface area contributed by atoms with Gasteiger partial charge in [0.05, 0.1) is 0 Å². The number of hydrogen-bond acceptors (Lipinski definition) is 7. The van der Waals surface area contributed by atoms with Crippen molar-refractivity contribution in [3.05, 3.63) is 58.7 Å². The summed E-state index contributed by atoms with van der Waals surface area (Å²) in [5, 5.41) is 3.35. The van der Waals surface area contributed by atoms with Crippen molar-refractivity contribution in [2.24, 2.45) is 10.9 Å². The number of hydrogen-bond donors (Lipinski definition) is 1. The molecule has 2 aromatic rings. The third-order valence-corrected chi connectivity index (χ3v) is 6.11. The van der Waals surface area contributed by atoms with E-state index < -0.39 is 0 Å². The number of allylic oxidation sites excluding steroid dienone is 2. The van der Waals surface area contributed by atoms with Crippen molar-refractivity contribution in [2.45, 2.75) is 32.4 Å². The van der Waals surface area contributed by atoms with Gasteiger partial charge in [-0.1, -0.05) is 18.2 Å². The van der Waals surface area contributed by atoms with E-state index in [0.717, 1.165) is 62.9 Å². The number of aryl methyl sites for hydroxylation is 1. The Morgan fingerprint density at radius 3 is 2.67 bits per heavy atom. The average Bonchev–Trinajstić information content (AvgIpc) is 2.79. The third-order valence-electron chi connectivity index (χ3n) is 6.11. The Balaban J connectivity index is 1.40. The molecule has 30 heavy (non-hydrogen) atoms. The van der Waals surface area contributed by atoms with E-state index in [0.29, 0.717) is 11.9 Å². The highest BCUT2D eigenvalue weighted by Gasteiger charge is 2.32. The Morgan fingerprint density at radius 1 is 1.10 bits per heavy atom. The monoisotopic (exact) mass is 405 g/mol. The SMILES string of the molecule is Cc1cc(=O)n2c(n1)NC(N1CCN(c3ccccn3)CC1)=N[C@H]2[C@H]1CC=CCC1. The van der Waals surface area contributed by atoms with Crippen LogP contribution in [0.2, 0.25) is 0 Å². The smallest absolute Gasteiger partial charge is 0.256 e. The second kappa shape index (κ2) is 7.93. The van der Waals surface area contributed by atoms with Crippen LogP contribution in [0, 0.1) is 12.8 Å². The minimum atomic E-state index is -0.212. The van der Waals surface area contributed by atoms with Gasteiger partial charge in [0.1, 0.15) is 12.0 Å². The molecule has 2 aromatic heterocycles. The van der Waals surface area contributed by atoms with Gasteiger partial charge in [0.2, 0.25) is 11.9 Å². The highest BCUT2D eigenvalue weighted by atomic mass is 16.1. The molecule has 4 heterocycles. The minimum Gasteiger partial charge on any atom is -0.353 e. The third kappa shape index (κ3) is 3.58. The van der Waals surface area contributed by atoms with Crippen LogP contribution in [0.25, 0.3) is 0 Å². The molecule has 0 amide bonds. The van der Waals surface area contributed by atoms with E-state index in [1.165, 1.54) is 0 Å². The Morgan fingerprint density at radius 2 is 1.93 bits per heavy atom. The Hall–Kier alpha value is -3.16. The Labute approximate surface area is 176 Å². The molecule has 1 fully saturated rings. The number of aliphatic imine (C=N–C) groups is 1. The lowest BCUT2D eigenvalue weighted by molar-refractivity contribution is 0.296. The van der Waals surface area contributed by atoms with Gasteiger partial charge in [-0.2, -0.15) is 0 Å². The highest BCUT2D eigenvalue weighted by molar-refractivity contribution is 5.93. The zero-order valence-electron chi connectivity index (χ0n) is 17.2. The predicted octanol–water partition coefficient (Wildman–Crippen LogP) is 2.41. The van der Waals surface area contributed by atoms with Crippen molar-refractivity contribution in [3.63, 3.8) is 0 Å². The van der Waals surface area contributed by atoms with Crippen molar-refractivity contribution < 1.29 is 0 Å². The molecule has 1 aliphatic carbocycles. The first kappa shape index (κ1) is 18.8. The molecule has 0 bridgehead atoms. The summed E-state index contributed by atoms with van der Waals surface area (Å²) in [7, 11) is 0. The van der Waals surface area contributed by atoms with Gasteiger partial charge in [0, 0.05) is 50.1 Å². The van der Waals surface area contributed by atoms with Crippen LogP contribution in [0.3, 0.4) is 0 Å². The fourth-order valence-electron chi connectivity index (χ4n) is 4.52. The summed E-state index contributed by atoms with van der Waals surface area (Å²) < 4.78 is 1.74. The maximum absolute atomic E-state index is 12.8. The second-order valence-corrected chi connectivity index (χ2v) is 8.13. The maximum atomic E-state index is 12.8. The van der Waals surface area contributed by atoms with Crippen LogP contribution in [0.4, 0.5) is 11.8 Å². The predicted molar refractivity (Wildman–Crippen MR) is 118 cm³/mol. The van der Waals surface area contributed by atoms with E-state index in [4.69, 9.17) is 4.99 Å². The fraction of sp³-hybridized carbons (Fsp3) is 0.455. The topological polar surface area (TPSA) is 78.7 Å². The first-order valence-electron chi connectivity index (χ1n) is 10.7. The summed E-state index contributed by atoms with van der Waals surface area (Å²) in [6.45, 7) is 5.30. The number of nitrogens with zero attached hydrogens (tertiary/aromatic N) is 6. The van der Waals surface area contributed by atoms with E-state index >= 15 is 0 Å².